The maximum absolute atomic E-state index is 10.9. The molecule has 1 atom stereocenters. The molecule has 0 saturated heterocycles. The van der Waals surface area contributed by atoms with Crippen LogP contribution in [0.15, 0.2) is 60.7 Å². The van der Waals surface area contributed by atoms with Gasteiger partial charge < -0.3 is 10.8 Å². The zero-order valence-corrected chi connectivity index (χ0v) is 11.8. The van der Waals surface area contributed by atoms with Crippen LogP contribution in [0.25, 0.3) is 0 Å². The van der Waals surface area contributed by atoms with E-state index in [9.17, 15) is 4.79 Å². The van der Waals surface area contributed by atoms with E-state index in [1.54, 1.807) is 0 Å². The molecule has 0 aromatic heterocycles. The average molecular weight is 292 g/mol. The highest BCUT2D eigenvalue weighted by molar-refractivity contribution is 5.85. The lowest BCUT2D eigenvalue weighted by Crippen LogP contribution is -2.31. The standard InChI is InChI=1S/C16H17NO2.ClH/c17-14(11-15(18)19)16(12-7-3-1-4-8-12)13-9-5-2-6-10-13;/h1-10,14,16H,11,17H2,(H,18,19);1H/t14-;/m1./s1. The number of hydrogen-bond donors (Lipinski definition) is 2. The third-order valence-corrected chi connectivity index (χ3v) is 3.16. The minimum absolute atomic E-state index is 0. The van der Waals surface area contributed by atoms with E-state index in [1.165, 1.54) is 0 Å². The van der Waals surface area contributed by atoms with Gasteiger partial charge in [0.1, 0.15) is 0 Å². The Morgan fingerprint density at radius 1 is 0.950 bits per heavy atom. The van der Waals surface area contributed by atoms with Gasteiger partial charge in [0, 0.05) is 12.0 Å². The topological polar surface area (TPSA) is 63.3 Å². The monoisotopic (exact) mass is 291 g/mol. The van der Waals surface area contributed by atoms with E-state index < -0.39 is 12.0 Å². The minimum Gasteiger partial charge on any atom is -0.481 e. The lowest BCUT2D eigenvalue weighted by Gasteiger charge is -2.23. The van der Waals surface area contributed by atoms with Crippen molar-refractivity contribution in [1.82, 2.24) is 0 Å². The first-order chi connectivity index (χ1) is 9.18. The van der Waals surface area contributed by atoms with Crippen LogP contribution in [0.4, 0.5) is 0 Å². The molecule has 0 aliphatic carbocycles. The fourth-order valence-corrected chi connectivity index (χ4v) is 2.33. The highest BCUT2D eigenvalue weighted by Crippen LogP contribution is 2.28. The van der Waals surface area contributed by atoms with Crippen LogP contribution in [0.1, 0.15) is 23.5 Å². The zero-order chi connectivity index (χ0) is 13.7. The summed E-state index contributed by atoms with van der Waals surface area (Å²) in [5.41, 5.74) is 8.19. The molecule has 0 aliphatic heterocycles. The van der Waals surface area contributed by atoms with Gasteiger partial charge in [-0.2, -0.15) is 0 Å². The summed E-state index contributed by atoms with van der Waals surface area (Å²) in [5.74, 6) is -0.970. The molecule has 2 rings (SSSR count). The molecule has 0 unspecified atom stereocenters. The molecule has 0 bridgehead atoms. The molecule has 0 heterocycles. The molecule has 106 valence electrons. The second-order valence-electron chi connectivity index (χ2n) is 4.56. The van der Waals surface area contributed by atoms with Crippen LogP contribution in [-0.2, 0) is 4.79 Å². The van der Waals surface area contributed by atoms with Crippen LogP contribution >= 0.6 is 12.4 Å². The van der Waals surface area contributed by atoms with Crippen LogP contribution in [0, 0.1) is 0 Å². The van der Waals surface area contributed by atoms with Gasteiger partial charge in [-0.1, -0.05) is 60.7 Å². The van der Waals surface area contributed by atoms with Gasteiger partial charge in [-0.05, 0) is 11.1 Å². The quantitative estimate of drug-likeness (QED) is 0.890. The summed E-state index contributed by atoms with van der Waals surface area (Å²) in [7, 11) is 0. The summed E-state index contributed by atoms with van der Waals surface area (Å²) >= 11 is 0. The summed E-state index contributed by atoms with van der Waals surface area (Å²) in [6.07, 6.45) is -0.0472. The van der Waals surface area contributed by atoms with E-state index >= 15 is 0 Å². The van der Waals surface area contributed by atoms with Gasteiger partial charge in [0.2, 0.25) is 0 Å². The maximum atomic E-state index is 10.9. The lowest BCUT2D eigenvalue weighted by atomic mass is 9.84. The van der Waals surface area contributed by atoms with Gasteiger partial charge in [0.15, 0.2) is 0 Å². The van der Waals surface area contributed by atoms with E-state index in [0.717, 1.165) is 11.1 Å². The number of aliphatic carboxylic acids is 1. The van der Waals surface area contributed by atoms with Crippen LogP contribution in [0.3, 0.4) is 0 Å². The molecule has 2 aromatic carbocycles. The Hall–Kier alpha value is -1.84. The number of hydrogen-bond acceptors (Lipinski definition) is 2. The van der Waals surface area contributed by atoms with Crippen molar-refractivity contribution in [2.24, 2.45) is 5.73 Å². The summed E-state index contributed by atoms with van der Waals surface area (Å²) in [5, 5.41) is 8.95. The normalized spacial score (nSPS) is 11.7. The van der Waals surface area contributed by atoms with Crippen molar-refractivity contribution >= 4 is 18.4 Å². The lowest BCUT2D eigenvalue weighted by molar-refractivity contribution is -0.137. The van der Waals surface area contributed by atoms with Gasteiger partial charge in [0.25, 0.3) is 0 Å². The molecular weight excluding hydrogens is 274 g/mol. The fraction of sp³-hybridized carbons (Fsp3) is 0.188. The Bertz CT molecular complexity index is 491. The van der Waals surface area contributed by atoms with Gasteiger partial charge in [-0.3, -0.25) is 4.79 Å². The molecule has 4 heteroatoms. The van der Waals surface area contributed by atoms with Crippen molar-refractivity contribution in [1.29, 1.82) is 0 Å². The number of carboxylic acids is 1. The van der Waals surface area contributed by atoms with E-state index in [2.05, 4.69) is 0 Å². The Kier molecular flexibility index (Phi) is 6.22. The number of rotatable bonds is 5. The molecular formula is C16H18ClNO2. The molecule has 3 nitrogen and oxygen atoms in total. The Morgan fingerprint density at radius 3 is 1.70 bits per heavy atom. The highest BCUT2D eigenvalue weighted by atomic mass is 35.5. The van der Waals surface area contributed by atoms with Gasteiger partial charge in [-0.15, -0.1) is 12.4 Å². The van der Waals surface area contributed by atoms with Crippen molar-refractivity contribution in [3.8, 4) is 0 Å². The number of carbonyl (C=O) groups is 1. The summed E-state index contributed by atoms with van der Waals surface area (Å²) < 4.78 is 0. The predicted molar refractivity (Wildman–Crippen MR) is 82.2 cm³/mol. The molecule has 0 radical (unpaired) electrons. The first-order valence-electron chi connectivity index (χ1n) is 6.25. The van der Waals surface area contributed by atoms with E-state index in [0.29, 0.717) is 0 Å². The Labute approximate surface area is 124 Å². The molecule has 0 saturated carbocycles. The smallest absolute Gasteiger partial charge is 0.304 e. The number of benzene rings is 2. The second-order valence-corrected chi connectivity index (χ2v) is 4.56. The molecule has 0 spiro atoms. The van der Waals surface area contributed by atoms with Crippen LogP contribution in [0.2, 0.25) is 0 Å². The van der Waals surface area contributed by atoms with Crippen LogP contribution in [-0.4, -0.2) is 17.1 Å². The first-order valence-corrected chi connectivity index (χ1v) is 6.25. The molecule has 3 N–H and O–H groups in total. The fourth-order valence-electron chi connectivity index (χ4n) is 2.33. The molecule has 0 fully saturated rings. The number of carboxylic acid groups (broad SMARTS) is 1. The third-order valence-electron chi connectivity index (χ3n) is 3.16. The van der Waals surface area contributed by atoms with Gasteiger partial charge >= 0.3 is 5.97 Å². The average Bonchev–Trinajstić information content (AvgIpc) is 2.40. The van der Waals surface area contributed by atoms with Crippen LogP contribution in [0.5, 0.6) is 0 Å². The molecule has 0 aliphatic rings. The summed E-state index contributed by atoms with van der Waals surface area (Å²) in [4.78, 5) is 10.9. The van der Waals surface area contributed by atoms with Crippen molar-refractivity contribution in [3.05, 3.63) is 71.8 Å². The van der Waals surface area contributed by atoms with Crippen molar-refractivity contribution in [3.63, 3.8) is 0 Å². The minimum atomic E-state index is -0.871. The summed E-state index contributed by atoms with van der Waals surface area (Å²) in [6.45, 7) is 0. The van der Waals surface area contributed by atoms with Crippen molar-refractivity contribution in [2.45, 2.75) is 18.4 Å². The Morgan fingerprint density at radius 2 is 1.35 bits per heavy atom. The Balaban J connectivity index is 0.00000200. The van der Waals surface area contributed by atoms with Gasteiger partial charge in [0.05, 0.1) is 6.42 Å². The van der Waals surface area contributed by atoms with E-state index in [1.807, 2.05) is 60.7 Å². The second kappa shape index (κ2) is 7.68. The SMILES string of the molecule is Cl.N[C@H](CC(=O)O)C(c1ccccc1)c1ccccc1. The maximum Gasteiger partial charge on any atom is 0.304 e. The molecule has 2 aromatic rings. The van der Waals surface area contributed by atoms with Crippen LogP contribution < -0.4 is 5.73 Å². The largest absolute Gasteiger partial charge is 0.481 e. The van der Waals surface area contributed by atoms with E-state index in [4.69, 9.17) is 10.8 Å². The molecule has 20 heavy (non-hydrogen) atoms. The third kappa shape index (κ3) is 4.08. The van der Waals surface area contributed by atoms with Crippen molar-refractivity contribution in [2.75, 3.05) is 0 Å². The number of halogens is 1. The predicted octanol–water partition coefficient (Wildman–Crippen LogP) is 3.04. The van der Waals surface area contributed by atoms with E-state index in [-0.39, 0.29) is 24.7 Å². The first kappa shape index (κ1) is 16.2. The van der Waals surface area contributed by atoms with Crippen molar-refractivity contribution < 1.29 is 9.90 Å². The zero-order valence-electron chi connectivity index (χ0n) is 11.0. The van der Waals surface area contributed by atoms with Gasteiger partial charge in [-0.25, -0.2) is 0 Å². The summed E-state index contributed by atoms with van der Waals surface area (Å²) in [6, 6.07) is 19.2. The number of nitrogens with two attached hydrogens (primary N) is 1. The molecule has 0 amide bonds. The highest BCUT2D eigenvalue weighted by Gasteiger charge is 2.23.